The second-order valence-electron chi connectivity index (χ2n) is 3.84. The Bertz CT molecular complexity index is 355. The van der Waals surface area contributed by atoms with Gasteiger partial charge in [0.2, 0.25) is 0 Å². The largest absolute Gasteiger partial charge is 0.350 e. The monoisotopic (exact) mass is 240 g/mol. The SMILES string of the molecule is Cc1ncccc1C(=O)NC(C)CCCCl. The molecule has 0 aliphatic carbocycles. The molecule has 4 heteroatoms. The fourth-order valence-corrected chi connectivity index (χ4v) is 1.64. The lowest BCUT2D eigenvalue weighted by Crippen LogP contribution is -2.33. The Kier molecular flexibility index (Phi) is 5.26. The van der Waals surface area contributed by atoms with Gasteiger partial charge in [-0.1, -0.05) is 0 Å². The maximum Gasteiger partial charge on any atom is 0.253 e. The van der Waals surface area contributed by atoms with E-state index in [1.165, 1.54) is 0 Å². The van der Waals surface area contributed by atoms with Gasteiger partial charge in [0, 0.05) is 23.8 Å². The summed E-state index contributed by atoms with van der Waals surface area (Å²) >= 11 is 5.60. The van der Waals surface area contributed by atoms with Crippen LogP contribution in [0.5, 0.6) is 0 Å². The second kappa shape index (κ2) is 6.48. The number of halogens is 1. The molecule has 0 spiro atoms. The number of amides is 1. The molecule has 1 amide bonds. The number of carbonyl (C=O) groups excluding carboxylic acids is 1. The van der Waals surface area contributed by atoms with E-state index in [1.807, 2.05) is 13.8 Å². The molecule has 0 aromatic carbocycles. The summed E-state index contributed by atoms with van der Waals surface area (Å²) < 4.78 is 0. The van der Waals surface area contributed by atoms with Crippen molar-refractivity contribution in [2.45, 2.75) is 32.7 Å². The van der Waals surface area contributed by atoms with Gasteiger partial charge in [-0.25, -0.2) is 0 Å². The molecule has 88 valence electrons. The van der Waals surface area contributed by atoms with Crippen LogP contribution in [0, 0.1) is 6.92 Å². The lowest BCUT2D eigenvalue weighted by molar-refractivity contribution is 0.0937. The molecule has 1 heterocycles. The van der Waals surface area contributed by atoms with Crippen LogP contribution in [0.4, 0.5) is 0 Å². The van der Waals surface area contributed by atoms with Crippen molar-refractivity contribution in [1.29, 1.82) is 0 Å². The average molecular weight is 241 g/mol. The van der Waals surface area contributed by atoms with Crippen LogP contribution in [0.2, 0.25) is 0 Å². The van der Waals surface area contributed by atoms with E-state index in [0.29, 0.717) is 11.4 Å². The third-order valence-corrected chi connectivity index (χ3v) is 2.67. The summed E-state index contributed by atoms with van der Waals surface area (Å²) in [6, 6.07) is 3.70. The van der Waals surface area contributed by atoms with Gasteiger partial charge in [0.25, 0.3) is 5.91 Å². The van der Waals surface area contributed by atoms with E-state index in [4.69, 9.17) is 11.6 Å². The summed E-state index contributed by atoms with van der Waals surface area (Å²) in [7, 11) is 0. The van der Waals surface area contributed by atoms with E-state index >= 15 is 0 Å². The fraction of sp³-hybridized carbons (Fsp3) is 0.500. The first-order valence-corrected chi connectivity index (χ1v) is 5.97. The maximum absolute atomic E-state index is 11.9. The van der Waals surface area contributed by atoms with E-state index in [2.05, 4.69) is 10.3 Å². The van der Waals surface area contributed by atoms with Crippen LogP contribution in [0.25, 0.3) is 0 Å². The zero-order valence-electron chi connectivity index (χ0n) is 9.66. The molecule has 0 radical (unpaired) electrons. The number of carbonyl (C=O) groups is 1. The zero-order valence-corrected chi connectivity index (χ0v) is 10.4. The molecule has 0 saturated carbocycles. The molecular formula is C12H17ClN2O. The number of aryl methyl sites for hydroxylation is 1. The van der Waals surface area contributed by atoms with Gasteiger partial charge in [-0.2, -0.15) is 0 Å². The number of nitrogens with zero attached hydrogens (tertiary/aromatic N) is 1. The molecule has 1 aromatic rings. The summed E-state index contributed by atoms with van der Waals surface area (Å²) in [6.07, 6.45) is 3.49. The number of nitrogens with one attached hydrogen (secondary N) is 1. The Morgan fingerprint density at radius 2 is 2.38 bits per heavy atom. The van der Waals surface area contributed by atoms with Gasteiger partial charge in [-0.3, -0.25) is 9.78 Å². The van der Waals surface area contributed by atoms with Gasteiger partial charge < -0.3 is 5.32 Å². The number of hydrogen-bond acceptors (Lipinski definition) is 2. The highest BCUT2D eigenvalue weighted by Gasteiger charge is 2.11. The quantitative estimate of drug-likeness (QED) is 0.804. The fourth-order valence-electron chi connectivity index (χ4n) is 1.48. The van der Waals surface area contributed by atoms with Crippen molar-refractivity contribution in [1.82, 2.24) is 10.3 Å². The van der Waals surface area contributed by atoms with Crippen LogP contribution >= 0.6 is 11.6 Å². The number of pyridine rings is 1. The van der Waals surface area contributed by atoms with Crippen molar-refractivity contribution in [3.63, 3.8) is 0 Å². The zero-order chi connectivity index (χ0) is 12.0. The Morgan fingerprint density at radius 3 is 3.00 bits per heavy atom. The summed E-state index contributed by atoms with van der Waals surface area (Å²) in [5.74, 6) is 0.569. The van der Waals surface area contributed by atoms with E-state index in [-0.39, 0.29) is 11.9 Å². The molecule has 1 aromatic heterocycles. The predicted octanol–water partition coefficient (Wildman–Crippen LogP) is 2.53. The molecule has 0 saturated heterocycles. The van der Waals surface area contributed by atoms with Gasteiger partial charge in [0.05, 0.1) is 5.56 Å². The lowest BCUT2D eigenvalue weighted by atomic mass is 10.1. The highest BCUT2D eigenvalue weighted by atomic mass is 35.5. The number of rotatable bonds is 5. The molecule has 1 unspecified atom stereocenters. The smallest absolute Gasteiger partial charge is 0.253 e. The van der Waals surface area contributed by atoms with E-state index < -0.39 is 0 Å². The Hall–Kier alpha value is -1.09. The van der Waals surface area contributed by atoms with Crippen molar-refractivity contribution in [3.05, 3.63) is 29.6 Å². The van der Waals surface area contributed by atoms with E-state index in [0.717, 1.165) is 18.5 Å². The average Bonchev–Trinajstić information content (AvgIpc) is 2.26. The molecule has 3 nitrogen and oxygen atoms in total. The molecule has 0 bridgehead atoms. The summed E-state index contributed by atoms with van der Waals surface area (Å²) in [6.45, 7) is 3.81. The molecular weight excluding hydrogens is 224 g/mol. The van der Waals surface area contributed by atoms with Crippen LogP contribution in [-0.4, -0.2) is 22.8 Å². The molecule has 0 fully saturated rings. The summed E-state index contributed by atoms with van der Waals surface area (Å²) in [5, 5.41) is 2.93. The third-order valence-electron chi connectivity index (χ3n) is 2.40. The minimum atomic E-state index is -0.0623. The minimum absolute atomic E-state index is 0.0623. The van der Waals surface area contributed by atoms with E-state index in [1.54, 1.807) is 18.3 Å². The minimum Gasteiger partial charge on any atom is -0.350 e. The normalized spacial score (nSPS) is 12.2. The molecule has 0 aliphatic heterocycles. The number of aromatic nitrogens is 1. The van der Waals surface area contributed by atoms with E-state index in [9.17, 15) is 4.79 Å². The van der Waals surface area contributed by atoms with Crippen LogP contribution in [0.15, 0.2) is 18.3 Å². The van der Waals surface area contributed by atoms with Gasteiger partial charge >= 0.3 is 0 Å². The molecule has 1 rings (SSSR count). The van der Waals surface area contributed by atoms with Crippen molar-refractivity contribution >= 4 is 17.5 Å². The Balaban J connectivity index is 2.56. The number of alkyl halides is 1. The second-order valence-corrected chi connectivity index (χ2v) is 4.22. The Labute approximate surface area is 101 Å². The molecule has 16 heavy (non-hydrogen) atoms. The maximum atomic E-state index is 11.9. The third kappa shape index (κ3) is 3.81. The van der Waals surface area contributed by atoms with Gasteiger partial charge in [-0.05, 0) is 38.8 Å². The van der Waals surface area contributed by atoms with Crippen molar-refractivity contribution in [3.8, 4) is 0 Å². The highest BCUT2D eigenvalue weighted by molar-refractivity contribution is 6.17. The number of hydrogen-bond donors (Lipinski definition) is 1. The van der Waals surface area contributed by atoms with Gasteiger partial charge in [-0.15, -0.1) is 11.6 Å². The summed E-state index contributed by atoms with van der Waals surface area (Å²) in [4.78, 5) is 15.9. The first kappa shape index (κ1) is 13.0. The Morgan fingerprint density at radius 1 is 1.62 bits per heavy atom. The van der Waals surface area contributed by atoms with Crippen LogP contribution in [-0.2, 0) is 0 Å². The predicted molar refractivity (Wildman–Crippen MR) is 65.9 cm³/mol. The first-order chi connectivity index (χ1) is 7.65. The van der Waals surface area contributed by atoms with Crippen LogP contribution in [0.3, 0.4) is 0 Å². The van der Waals surface area contributed by atoms with Crippen molar-refractivity contribution in [2.75, 3.05) is 5.88 Å². The van der Waals surface area contributed by atoms with Crippen LogP contribution in [0.1, 0.15) is 35.8 Å². The molecule has 1 N–H and O–H groups in total. The molecule has 0 aliphatic rings. The highest BCUT2D eigenvalue weighted by Crippen LogP contribution is 2.05. The topological polar surface area (TPSA) is 42.0 Å². The summed E-state index contributed by atoms with van der Waals surface area (Å²) in [5.41, 5.74) is 1.39. The van der Waals surface area contributed by atoms with Crippen molar-refractivity contribution in [2.24, 2.45) is 0 Å². The molecule has 1 atom stereocenters. The standard InChI is InChI=1S/C12H17ClN2O/c1-9(5-3-7-13)15-12(16)11-6-4-8-14-10(11)2/h4,6,8-9H,3,5,7H2,1-2H3,(H,15,16). The van der Waals surface area contributed by atoms with Gasteiger partial charge in [0.1, 0.15) is 0 Å². The first-order valence-electron chi connectivity index (χ1n) is 5.43. The van der Waals surface area contributed by atoms with Crippen molar-refractivity contribution < 1.29 is 4.79 Å². The van der Waals surface area contributed by atoms with Crippen LogP contribution < -0.4 is 5.32 Å². The van der Waals surface area contributed by atoms with Gasteiger partial charge in [0.15, 0.2) is 0 Å². The lowest BCUT2D eigenvalue weighted by Gasteiger charge is -2.13.